The van der Waals surface area contributed by atoms with Crippen LogP contribution in [0.2, 0.25) is 0 Å². The van der Waals surface area contributed by atoms with Crippen molar-refractivity contribution in [2.24, 2.45) is 5.92 Å². The van der Waals surface area contributed by atoms with Crippen LogP contribution in [0, 0.1) is 5.92 Å². The predicted molar refractivity (Wildman–Crippen MR) is 52.3 cm³/mol. The smallest absolute Gasteiger partial charge is 0.0459 e. The van der Waals surface area contributed by atoms with E-state index in [9.17, 15) is 0 Å². The minimum atomic E-state index is 0. The minimum Gasteiger partial charge on any atom is -0.396 e. The lowest BCUT2D eigenvalue weighted by molar-refractivity contribution is 0.207. The van der Waals surface area contributed by atoms with Gasteiger partial charge in [0.15, 0.2) is 0 Å². The van der Waals surface area contributed by atoms with Crippen molar-refractivity contribution in [3.05, 3.63) is 0 Å². The van der Waals surface area contributed by atoms with E-state index in [1.807, 2.05) is 0 Å². The molecule has 0 saturated heterocycles. The summed E-state index contributed by atoms with van der Waals surface area (Å²) in [7, 11) is 0. The molecule has 2 heteroatoms. The van der Waals surface area contributed by atoms with E-state index in [1.165, 1.54) is 32.1 Å². The fraction of sp³-hybridized carbons (Fsp3) is 1.00. The summed E-state index contributed by atoms with van der Waals surface area (Å²) in [6.45, 7) is 4.75. The van der Waals surface area contributed by atoms with E-state index in [-0.39, 0.29) is 12.4 Å². The first kappa shape index (κ1) is 13.8. The number of unbranched alkanes of at least 4 members (excludes halogenated alkanes) is 1. The predicted octanol–water partition coefficient (Wildman–Crippen LogP) is 3.01. The standard InChI is InChI=1S/C9H20O.ClH/c1-3-5-7-9(8-10)6-4-2;/h9-10H,3-8H2,1-2H3;1H. The number of rotatable bonds is 6. The van der Waals surface area contributed by atoms with Crippen LogP contribution in [-0.2, 0) is 0 Å². The Bertz CT molecular complexity index is 66.6. The topological polar surface area (TPSA) is 20.2 Å². The molecule has 0 amide bonds. The zero-order valence-electron chi connectivity index (χ0n) is 7.68. The first-order chi connectivity index (χ1) is 4.85. The van der Waals surface area contributed by atoms with Crippen LogP contribution in [0.3, 0.4) is 0 Å². The lowest BCUT2D eigenvalue weighted by atomic mass is 9.98. The maximum absolute atomic E-state index is 8.88. The molecule has 0 aliphatic heterocycles. The van der Waals surface area contributed by atoms with Gasteiger partial charge < -0.3 is 5.11 Å². The molecule has 0 saturated carbocycles. The molecule has 0 radical (unpaired) electrons. The Morgan fingerprint density at radius 1 is 1.09 bits per heavy atom. The number of aliphatic hydroxyl groups excluding tert-OH is 1. The first-order valence-corrected chi connectivity index (χ1v) is 4.46. The molecule has 0 aliphatic carbocycles. The summed E-state index contributed by atoms with van der Waals surface area (Å²) >= 11 is 0. The van der Waals surface area contributed by atoms with Crippen molar-refractivity contribution in [1.29, 1.82) is 0 Å². The lowest BCUT2D eigenvalue weighted by Gasteiger charge is -2.10. The molecule has 0 heterocycles. The van der Waals surface area contributed by atoms with Crippen molar-refractivity contribution >= 4 is 12.4 Å². The highest BCUT2D eigenvalue weighted by Gasteiger charge is 2.03. The van der Waals surface area contributed by atoms with Gasteiger partial charge in [0, 0.05) is 6.61 Å². The van der Waals surface area contributed by atoms with E-state index in [4.69, 9.17) is 5.11 Å². The Kier molecular flexibility index (Phi) is 12.9. The molecule has 1 nitrogen and oxygen atoms in total. The van der Waals surface area contributed by atoms with Crippen LogP contribution in [0.5, 0.6) is 0 Å². The molecule has 0 aromatic rings. The highest BCUT2D eigenvalue weighted by atomic mass is 35.5. The van der Waals surface area contributed by atoms with E-state index >= 15 is 0 Å². The molecule has 1 atom stereocenters. The van der Waals surface area contributed by atoms with Crippen molar-refractivity contribution in [2.75, 3.05) is 6.61 Å². The van der Waals surface area contributed by atoms with Crippen LogP contribution in [0.4, 0.5) is 0 Å². The second-order valence-corrected chi connectivity index (χ2v) is 2.98. The Morgan fingerprint density at radius 3 is 2.09 bits per heavy atom. The van der Waals surface area contributed by atoms with Gasteiger partial charge in [0.2, 0.25) is 0 Å². The SMILES string of the molecule is CCCCC(CO)CCC.Cl. The molecule has 0 aliphatic rings. The van der Waals surface area contributed by atoms with Crippen LogP contribution in [0.25, 0.3) is 0 Å². The molecule has 0 fully saturated rings. The van der Waals surface area contributed by atoms with E-state index < -0.39 is 0 Å². The molecule has 70 valence electrons. The summed E-state index contributed by atoms with van der Waals surface area (Å²) in [6, 6.07) is 0. The average Bonchev–Trinajstić information content (AvgIpc) is 1.98. The van der Waals surface area contributed by atoms with Crippen LogP contribution in [-0.4, -0.2) is 11.7 Å². The third-order valence-electron chi connectivity index (χ3n) is 1.92. The van der Waals surface area contributed by atoms with E-state index in [2.05, 4.69) is 13.8 Å². The van der Waals surface area contributed by atoms with Gasteiger partial charge in [-0.3, -0.25) is 0 Å². The van der Waals surface area contributed by atoms with Gasteiger partial charge in [-0.15, -0.1) is 12.4 Å². The van der Waals surface area contributed by atoms with E-state index in [0.717, 1.165) is 0 Å². The van der Waals surface area contributed by atoms with Gasteiger partial charge in [-0.2, -0.15) is 0 Å². The molecule has 0 aromatic carbocycles. The van der Waals surface area contributed by atoms with Gasteiger partial charge in [-0.05, 0) is 18.8 Å². The van der Waals surface area contributed by atoms with Crippen LogP contribution >= 0.6 is 12.4 Å². The van der Waals surface area contributed by atoms with Crippen LogP contribution in [0.15, 0.2) is 0 Å². The molecule has 0 aromatic heterocycles. The molecular formula is C9H21ClO. The molecule has 0 rings (SSSR count). The summed E-state index contributed by atoms with van der Waals surface area (Å²) in [5.41, 5.74) is 0. The van der Waals surface area contributed by atoms with Crippen molar-refractivity contribution in [3.63, 3.8) is 0 Å². The third-order valence-corrected chi connectivity index (χ3v) is 1.92. The normalized spacial score (nSPS) is 12.3. The number of halogens is 1. The van der Waals surface area contributed by atoms with Gasteiger partial charge in [0.05, 0.1) is 0 Å². The molecule has 11 heavy (non-hydrogen) atoms. The van der Waals surface area contributed by atoms with Crippen LogP contribution < -0.4 is 0 Å². The highest BCUT2D eigenvalue weighted by molar-refractivity contribution is 5.85. The molecule has 1 unspecified atom stereocenters. The second-order valence-electron chi connectivity index (χ2n) is 2.98. The first-order valence-electron chi connectivity index (χ1n) is 4.46. The fourth-order valence-electron chi connectivity index (χ4n) is 1.23. The summed E-state index contributed by atoms with van der Waals surface area (Å²) in [5.74, 6) is 0.574. The maximum atomic E-state index is 8.88. The minimum absolute atomic E-state index is 0. The third kappa shape index (κ3) is 8.15. The average molecular weight is 181 g/mol. The van der Waals surface area contributed by atoms with Gasteiger partial charge >= 0.3 is 0 Å². The van der Waals surface area contributed by atoms with Crippen molar-refractivity contribution in [1.82, 2.24) is 0 Å². The Morgan fingerprint density at radius 2 is 1.73 bits per heavy atom. The number of aliphatic hydroxyl groups is 1. The number of hydrogen-bond donors (Lipinski definition) is 1. The zero-order chi connectivity index (χ0) is 7.82. The zero-order valence-corrected chi connectivity index (χ0v) is 8.49. The molecular weight excluding hydrogens is 160 g/mol. The van der Waals surface area contributed by atoms with E-state index in [0.29, 0.717) is 12.5 Å². The Labute approximate surface area is 76.6 Å². The van der Waals surface area contributed by atoms with Crippen molar-refractivity contribution < 1.29 is 5.11 Å². The summed E-state index contributed by atoms with van der Waals surface area (Å²) < 4.78 is 0. The number of hydrogen-bond acceptors (Lipinski definition) is 1. The Balaban J connectivity index is 0. The summed E-state index contributed by atoms with van der Waals surface area (Å²) in [5, 5.41) is 8.88. The summed E-state index contributed by atoms with van der Waals surface area (Å²) in [6.07, 6.45) is 6.12. The fourth-order valence-corrected chi connectivity index (χ4v) is 1.23. The van der Waals surface area contributed by atoms with Gasteiger partial charge in [-0.1, -0.05) is 33.1 Å². The molecule has 0 bridgehead atoms. The van der Waals surface area contributed by atoms with Crippen molar-refractivity contribution in [2.45, 2.75) is 46.0 Å². The monoisotopic (exact) mass is 180 g/mol. The highest BCUT2D eigenvalue weighted by Crippen LogP contribution is 2.13. The van der Waals surface area contributed by atoms with Crippen LogP contribution in [0.1, 0.15) is 46.0 Å². The molecule has 1 N–H and O–H groups in total. The second kappa shape index (κ2) is 10.2. The lowest BCUT2D eigenvalue weighted by Crippen LogP contribution is -2.04. The Hall–Kier alpha value is 0.250. The van der Waals surface area contributed by atoms with Crippen molar-refractivity contribution in [3.8, 4) is 0 Å². The largest absolute Gasteiger partial charge is 0.396 e. The van der Waals surface area contributed by atoms with Gasteiger partial charge in [-0.25, -0.2) is 0 Å². The van der Waals surface area contributed by atoms with Gasteiger partial charge in [0.25, 0.3) is 0 Å². The quantitative estimate of drug-likeness (QED) is 0.667. The van der Waals surface area contributed by atoms with Gasteiger partial charge in [0.1, 0.15) is 0 Å². The molecule has 0 spiro atoms. The summed E-state index contributed by atoms with van der Waals surface area (Å²) in [4.78, 5) is 0. The van der Waals surface area contributed by atoms with E-state index in [1.54, 1.807) is 0 Å². The maximum Gasteiger partial charge on any atom is 0.0459 e.